The van der Waals surface area contributed by atoms with Crippen LogP contribution in [0.2, 0.25) is 0 Å². The van der Waals surface area contributed by atoms with Gasteiger partial charge in [0.05, 0.1) is 18.2 Å². The fourth-order valence-electron chi connectivity index (χ4n) is 2.74. The van der Waals surface area contributed by atoms with E-state index in [1.807, 2.05) is 16.8 Å². The van der Waals surface area contributed by atoms with Crippen LogP contribution in [0.15, 0.2) is 44.4 Å². The number of nitrogens with zero attached hydrogens (tertiary/aromatic N) is 3. The molecule has 0 radical (unpaired) electrons. The van der Waals surface area contributed by atoms with E-state index in [0.29, 0.717) is 19.0 Å². The van der Waals surface area contributed by atoms with Crippen molar-refractivity contribution in [1.29, 1.82) is 0 Å². The second kappa shape index (κ2) is 9.37. The number of benzene rings is 1. The van der Waals surface area contributed by atoms with Crippen molar-refractivity contribution >= 4 is 27.3 Å². The molecule has 0 spiro atoms. The predicted molar refractivity (Wildman–Crippen MR) is 110 cm³/mol. The third-order valence-corrected chi connectivity index (χ3v) is 7.05. The Balaban J connectivity index is 1.78. The van der Waals surface area contributed by atoms with Crippen LogP contribution in [0.25, 0.3) is 11.5 Å². The van der Waals surface area contributed by atoms with Crippen molar-refractivity contribution in [2.75, 3.05) is 20.2 Å². The van der Waals surface area contributed by atoms with E-state index in [2.05, 4.69) is 10.1 Å². The lowest BCUT2D eigenvalue weighted by Gasteiger charge is -2.20. The van der Waals surface area contributed by atoms with E-state index < -0.39 is 16.0 Å². The van der Waals surface area contributed by atoms with E-state index in [0.717, 1.165) is 5.56 Å². The van der Waals surface area contributed by atoms with E-state index in [4.69, 9.17) is 14.0 Å². The molecule has 30 heavy (non-hydrogen) atoms. The van der Waals surface area contributed by atoms with Gasteiger partial charge in [0, 0.05) is 18.5 Å². The third-order valence-electron chi connectivity index (χ3n) is 4.29. The van der Waals surface area contributed by atoms with Crippen LogP contribution >= 0.6 is 11.3 Å². The topological polar surface area (TPSA) is 112 Å². The van der Waals surface area contributed by atoms with Crippen LogP contribution in [-0.2, 0) is 21.4 Å². The molecule has 0 saturated carbocycles. The second-order valence-corrected chi connectivity index (χ2v) is 8.75. The van der Waals surface area contributed by atoms with E-state index in [9.17, 15) is 13.2 Å². The lowest BCUT2D eigenvalue weighted by atomic mass is 10.2. The maximum absolute atomic E-state index is 12.9. The van der Waals surface area contributed by atoms with Gasteiger partial charge >= 0.3 is 5.97 Å². The van der Waals surface area contributed by atoms with Crippen molar-refractivity contribution in [3.8, 4) is 17.2 Å². The molecule has 11 heteroatoms. The molecule has 3 rings (SSSR count). The fraction of sp³-hybridized carbons (Fsp3) is 0.316. The molecular formula is C19H21N3O6S2. The first-order valence-electron chi connectivity index (χ1n) is 9.11. The van der Waals surface area contributed by atoms with Crippen LogP contribution in [-0.4, -0.2) is 49.0 Å². The Morgan fingerprint density at radius 3 is 2.63 bits per heavy atom. The summed E-state index contributed by atoms with van der Waals surface area (Å²) in [5.41, 5.74) is 0.856. The van der Waals surface area contributed by atoms with Gasteiger partial charge in [-0.2, -0.15) is 20.6 Å². The quantitative estimate of drug-likeness (QED) is 0.456. The highest BCUT2D eigenvalue weighted by molar-refractivity contribution is 7.89. The summed E-state index contributed by atoms with van der Waals surface area (Å²) in [5, 5.41) is 7.53. The first-order chi connectivity index (χ1) is 14.4. The molecule has 0 aliphatic rings. The molecule has 3 aromatic rings. The monoisotopic (exact) mass is 451 g/mol. The first-order valence-corrected chi connectivity index (χ1v) is 11.5. The van der Waals surface area contributed by atoms with Crippen LogP contribution in [0.1, 0.15) is 30.0 Å². The molecule has 0 amide bonds. The van der Waals surface area contributed by atoms with Gasteiger partial charge in [-0.15, -0.1) is 0 Å². The van der Waals surface area contributed by atoms with Gasteiger partial charge in [-0.1, -0.05) is 19.0 Å². The normalized spacial score (nSPS) is 11.6. The Hall–Kier alpha value is -2.76. The van der Waals surface area contributed by atoms with Gasteiger partial charge in [0.1, 0.15) is 10.6 Å². The predicted octanol–water partition coefficient (Wildman–Crippen LogP) is 3.19. The number of methoxy groups -OCH3 is 1. The molecule has 2 aromatic heterocycles. The number of hydrogen-bond donors (Lipinski definition) is 0. The molecule has 0 N–H and O–H groups in total. The van der Waals surface area contributed by atoms with Crippen molar-refractivity contribution < 1.29 is 27.2 Å². The summed E-state index contributed by atoms with van der Waals surface area (Å²) in [4.78, 5) is 16.6. The van der Waals surface area contributed by atoms with Gasteiger partial charge in [-0.3, -0.25) is 0 Å². The number of sulfonamides is 1. The van der Waals surface area contributed by atoms with E-state index in [1.165, 1.54) is 41.0 Å². The summed E-state index contributed by atoms with van der Waals surface area (Å²) in [6, 6.07) is 5.95. The number of aromatic nitrogens is 2. The molecule has 0 aliphatic carbocycles. The maximum atomic E-state index is 12.9. The molecule has 0 atom stereocenters. The number of ether oxygens (including phenoxy) is 2. The number of carbonyl (C=O) groups excluding carboxylic acids is 1. The SMILES string of the molecule is CCN(CC)S(=O)(=O)c1cc(C(=O)OCc2noc(-c3ccsc3)n2)ccc1OC. The van der Waals surface area contributed by atoms with Gasteiger partial charge in [-0.05, 0) is 29.6 Å². The van der Waals surface area contributed by atoms with E-state index in [-0.39, 0.29) is 28.6 Å². The molecule has 0 unspecified atom stereocenters. The van der Waals surface area contributed by atoms with Crippen molar-refractivity contribution in [2.45, 2.75) is 25.3 Å². The standard InChI is InChI=1S/C19H21N3O6S2/c1-4-22(5-2)30(24,25)16-10-13(6-7-15(16)26-3)19(23)27-11-17-20-18(28-21-17)14-8-9-29-12-14/h6-10,12H,4-5,11H2,1-3H3. The lowest BCUT2D eigenvalue weighted by molar-refractivity contribution is 0.0459. The fourth-order valence-corrected chi connectivity index (χ4v) is 5.01. The molecule has 0 fully saturated rings. The van der Waals surface area contributed by atoms with Gasteiger partial charge < -0.3 is 14.0 Å². The molecule has 1 aromatic carbocycles. The van der Waals surface area contributed by atoms with Crippen LogP contribution in [0, 0.1) is 0 Å². The van der Waals surface area contributed by atoms with E-state index in [1.54, 1.807) is 13.8 Å². The van der Waals surface area contributed by atoms with Gasteiger partial charge in [0.15, 0.2) is 6.61 Å². The van der Waals surface area contributed by atoms with Crippen molar-refractivity contribution in [3.63, 3.8) is 0 Å². The van der Waals surface area contributed by atoms with Gasteiger partial charge in [0.2, 0.25) is 15.8 Å². The minimum Gasteiger partial charge on any atom is -0.495 e. The molecule has 0 saturated heterocycles. The average molecular weight is 452 g/mol. The average Bonchev–Trinajstić information content (AvgIpc) is 3.44. The van der Waals surface area contributed by atoms with Crippen LogP contribution in [0.3, 0.4) is 0 Å². The zero-order valence-corrected chi connectivity index (χ0v) is 18.3. The summed E-state index contributed by atoms with van der Waals surface area (Å²) in [6.07, 6.45) is 0. The van der Waals surface area contributed by atoms with Gasteiger partial charge in [-0.25, -0.2) is 13.2 Å². The zero-order chi connectivity index (χ0) is 21.7. The Morgan fingerprint density at radius 2 is 2.00 bits per heavy atom. The second-order valence-electron chi connectivity index (χ2n) is 6.06. The minimum absolute atomic E-state index is 0.0723. The van der Waals surface area contributed by atoms with E-state index >= 15 is 0 Å². The summed E-state index contributed by atoms with van der Waals surface area (Å²) in [5.74, 6) is -0.0269. The van der Waals surface area contributed by atoms with Crippen molar-refractivity contribution in [1.82, 2.24) is 14.4 Å². The number of rotatable bonds is 9. The van der Waals surface area contributed by atoms with Crippen LogP contribution < -0.4 is 4.74 Å². The largest absolute Gasteiger partial charge is 0.495 e. The number of carbonyl (C=O) groups is 1. The summed E-state index contributed by atoms with van der Waals surface area (Å²) in [6.45, 7) is 3.85. The number of esters is 1. The highest BCUT2D eigenvalue weighted by Crippen LogP contribution is 2.28. The molecule has 0 aliphatic heterocycles. The van der Waals surface area contributed by atoms with Gasteiger partial charge in [0.25, 0.3) is 5.89 Å². The Bertz CT molecular complexity index is 1110. The summed E-state index contributed by atoms with van der Waals surface area (Å²) >= 11 is 1.49. The molecule has 0 bridgehead atoms. The molecular weight excluding hydrogens is 430 g/mol. The van der Waals surface area contributed by atoms with Crippen LogP contribution in [0.5, 0.6) is 5.75 Å². The molecule has 160 valence electrons. The highest BCUT2D eigenvalue weighted by atomic mass is 32.2. The van der Waals surface area contributed by atoms with Crippen LogP contribution in [0.4, 0.5) is 0 Å². The maximum Gasteiger partial charge on any atom is 0.338 e. The summed E-state index contributed by atoms with van der Waals surface area (Å²) < 4.78 is 42.7. The minimum atomic E-state index is -3.83. The van der Waals surface area contributed by atoms with Crippen molar-refractivity contribution in [3.05, 3.63) is 46.4 Å². The Kier molecular flexibility index (Phi) is 6.85. The Labute approximate surface area is 178 Å². The zero-order valence-electron chi connectivity index (χ0n) is 16.7. The Morgan fingerprint density at radius 1 is 1.23 bits per heavy atom. The molecule has 9 nitrogen and oxygen atoms in total. The molecule has 2 heterocycles. The van der Waals surface area contributed by atoms with Crippen molar-refractivity contribution in [2.24, 2.45) is 0 Å². The highest BCUT2D eigenvalue weighted by Gasteiger charge is 2.27. The number of thiophene rings is 1. The lowest BCUT2D eigenvalue weighted by Crippen LogP contribution is -2.31. The smallest absolute Gasteiger partial charge is 0.338 e. The summed E-state index contributed by atoms with van der Waals surface area (Å²) in [7, 11) is -2.46. The first kappa shape index (κ1) is 21.9. The number of hydrogen-bond acceptors (Lipinski definition) is 9. The third kappa shape index (κ3) is 4.53.